The molecule has 0 unspecified atom stereocenters. The third-order valence-electron chi connectivity index (χ3n) is 2.87. The third kappa shape index (κ3) is 3.23. The van der Waals surface area contributed by atoms with Gasteiger partial charge < -0.3 is 5.32 Å². The van der Waals surface area contributed by atoms with E-state index in [4.69, 9.17) is 0 Å². The summed E-state index contributed by atoms with van der Waals surface area (Å²) >= 11 is 0. The Bertz CT molecular complexity index is 499. The van der Waals surface area contributed by atoms with Crippen LogP contribution in [-0.2, 0) is 28.4 Å². The zero-order valence-electron chi connectivity index (χ0n) is 9.94. The minimum Gasteiger partial charge on any atom is -0.320 e. The van der Waals surface area contributed by atoms with Crippen LogP contribution in [-0.4, -0.2) is 37.7 Å². The molecule has 6 heteroatoms. The Kier molecular flexibility index (Phi) is 3.73. The molecule has 0 aliphatic carbocycles. The molecule has 17 heavy (non-hydrogen) atoms. The molecular formula is C11H17N3O2S. The van der Waals surface area contributed by atoms with Gasteiger partial charge in [-0.3, -0.25) is 0 Å². The Labute approximate surface area is 102 Å². The predicted octanol–water partition coefficient (Wildman–Crippen LogP) is 0.0995. The average molecular weight is 255 g/mol. The van der Waals surface area contributed by atoms with Crippen molar-refractivity contribution in [1.82, 2.24) is 15.3 Å². The van der Waals surface area contributed by atoms with Gasteiger partial charge in [-0.1, -0.05) is 0 Å². The van der Waals surface area contributed by atoms with Crippen LogP contribution in [0.2, 0.25) is 0 Å². The van der Waals surface area contributed by atoms with Crippen molar-refractivity contribution in [3.8, 4) is 0 Å². The number of fused-ring (bicyclic) bond motifs is 1. The number of nitrogens with one attached hydrogen (secondary N) is 1. The number of hydrogen-bond donors (Lipinski definition) is 1. The van der Waals surface area contributed by atoms with Gasteiger partial charge in [-0.2, -0.15) is 0 Å². The first-order valence-electron chi connectivity index (χ1n) is 5.79. The second-order valence-corrected chi connectivity index (χ2v) is 6.49. The first-order chi connectivity index (χ1) is 8.11. The van der Waals surface area contributed by atoms with Crippen LogP contribution in [0.3, 0.4) is 0 Å². The molecule has 0 saturated carbocycles. The molecule has 2 heterocycles. The van der Waals surface area contributed by atoms with E-state index in [1.54, 1.807) is 6.20 Å². The first-order valence-corrected chi connectivity index (χ1v) is 7.61. The second kappa shape index (κ2) is 5.10. The Balaban J connectivity index is 2.13. The minimum absolute atomic E-state index is 0.0733. The van der Waals surface area contributed by atoms with Gasteiger partial charge in [-0.25, -0.2) is 18.4 Å². The lowest BCUT2D eigenvalue weighted by molar-refractivity contribution is 0.589. The van der Waals surface area contributed by atoms with Crippen molar-refractivity contribution in [2.75, 3.05) is 19.3 Å². The molecule has 94 valence electrons. The Morgan fingerprint density at radius 2 is 2.29 bits per heavy atom. The second-order valence-electron chi connectivity index (χ2n) is 4.31. The summed E-state index contributed by atoms with van der Waals surface area (Å²) in [6.45, 7) is 0.915. The van der Waals surface area contributed by atoms with E-state index in [0.717, 1.165) is 30.8 Å². The highest BCUT2D eigenvalue weighted by molar-refractivity contribution is 7.90. The molecular weight excluding hydrogens is 238 g/mol. The molecule has 0 spiro atoms. The summed E-state index contributed by atoms with van der Waals surface area (Å²) < 4.78 is 23.0. The van der Waals surface area contributed by atoms with Crippen LogP contribution in [0.5, 0.6) is 0 Å². The van der Waals surface area contributed by atoms with Gasteiger partial charge in [0.1, 0.15) is 5.82 Å². The summed E-state index contributed by atoms with van der Waals surface area (Å²) in [4.78, 5) is 8.64. The van der Waals surface area contributed by atoms with Crippen LogP contribution in [0.15, 0.2) is 6.20 Å². The largest absolute Gasteiger partial charge is 0.320 e. The van der Waals surface area contributed by atoms with Gasteiger partial charge in [-0.15, -0.1) is 0 Å². The van der Waals surface area contributed by atoms with Gasteiger partial charge in [0, 0.05) is 12.6 Å². The molecule has 0 atom stereocenters. The maximum Gasteiger partial charge on any atom is 0.156 e. The molecule has 1 aliphatic rings. The fourth-order valence-corrected chi connectivity index (χ4v) is 3.25. The number of aromatic nitrogens is 2. The molecule has 0 radical (unpaired) electrons. The van der Waals surface area contributed by atoms with E-state index in [-0.39, 0.29) is 11.5 Å². The molecule has 0 aromatic carbocycles. The predicted molar refractivity (Wildman–Crippen MR) is 65.5 cm³/mol. The average Bonchev–Trinajstić information content (AvgIpc) is 2.28. The SMILES string of the molecule is CNCCCc1ncc2c(n1)CS(=O)(=O)CC2. The van der Waals surface area contributed by atoms with Crippen LogP contribution in [0.25, 0.3) is 0 Å². The van der Waals surface area contributed by atoms with Crippen LogP contribution in [0, 0.1) is 0 Å². The van der Waals surface area contributed by atoms with Gasteiger partial charge >= 0.3 is 0 Å². The molecule has 5 nitrogen and oxygen atoms in total. The molecule has 1 aromatic heterocycles. The van der Waals surface area contributed by atoms with Gasteiger partial charge in [0.05, 0.1) is 17.2 Å². The molecule has 2 rings (SSSR count). The van der Waals surface area contributed by atoms with Crippen LogP contribution in [0.1, 0.15) is 23.5 Å². The van der Waals surface area contributed by atoms with Crippen molar-refractivity contribution in [1.29, 1.82) is 0 Å². The van der Waals surface area contributed by atoms with Gasteiger partial charge in [0.15, 0.2) is 9.84 Å². The summed E-state index contributed by atoms with van der Waals surface area (Å²) in [5.41, 5.74) is 1.68. The van der Waals surface area contributed by atoms with Crippen molar-refractivity contribution in [2.45, 2.75) is 25.0 Å². The number of nitrogens with zero attached hydrogens (tertiary/aromatic N) is 2. The van der Waals surface area contributed by atoms with Gasteiger partial charge in [0.2, 0.25) is 0 Å². The summed E-state index contributed by atoms with van der Waals surface area (Å²) in [7, 11) is -1.04. The number of sulfone groups is 1. The van der Waals surface area contributed by atoms with Crippen molar-refractivity contribution in [3.05, 3.63) is 23.3 Å². The topological polar surface area (TPSA) is 72.0 Å². The van der Waals surface area contributed by atoms with E-state index in [0.29, 0.717) is 12.1 Å². The lowest BCUT2D eigenvalue weighted by atomic mass is 10.2. The minimum atomic E-state index is -2.94. The molecule has 0 amide bonds. The molecule has 0 saturated heterocycles. The van der Waals surface area contributed by atoms with Crippen molar-refractivity contribution >= 4 is 9.84 Å². The Hall–Kier alpha value is -1.01. The van der Waals surface area contributed by atoms with Crippen molar-refractivity contribution in [2.24, 2.45) is 0 Å². The Morgan fingerprint density at radius 3 is 3.06 bits per heavy atom. The van der Waals surface area contributed by atoms with E-state index in [2.05, 4.69) is 15.3 Å². The lowest BCUT2D eigenvalue weighted by Crippen LogP contribution is -2.21. The van der Waals surface area contributed by atoms with Gasteiger partial charge in [0.25, 0.3) is 0 Å². The smallest absolute Gasteiger partial charge is 0.156 e. The normalized spacial score (nSPS) is 17.7. The van der Waals surface area contributed by atoms with Gasteiger partial charge in [-0.05, 0) is 32.0 Å². The van der Waals surface area contributed by atoms with E-state index < -0.39 is 9.84 Å². The van der Waals surface area contributed by atoms with Crippen molar-refractivity contribution in [3.63, 3.8) is 0 Å². The molecule has 0 bridgehead atoms. The molecule has 0 fully saturated rings. The summed E-state index contributed by atoms with van der Waals surface area (Å²) in [6.07, 6.45) is 4.08. The zero-order valence-corrected chi connectivity index (χ0v) is 10.8. The van der Waals surface area contributed by atoms with E-state index in [9.17, 15) is 8.42 Å². The summed E-state index contributed by atoms with van der Waals surface area (Å²) in [6, 6.07) is 0. The zero-order chi connectivity index (χ0) is 12.3. The molecule has 1 aromatic rings. The highest BCUT2D eigenvalue weighted by Crippen LogP contribution is 2.18. The standard InChI is InChI=1S/C11H17N3O2S/c1-12-5-2-3-11-13-7-9-4-6-17(15,16)8-10(9)14-11/h7,12H,2-6,8H2,1H3. The Morgan fingerprint density at radius 1 is 1.47 bits per heavy atom. The van der Waals surface area contributed by atoms with E-state index in [1.807, 2.05) is 7.05 Å². The fourth-order valence-electron chi connectivity index (χ4n) is 1.91. The number of rotatable bonds is 4. The van der Waals surface area contributed by atoms with Crippen LogP contribution >= 0.6 is 0 Å². The first kappa shape index (κ1) is 12.4. The maximum absolute atomic E-state index is 11.5. The lowest BCUT2D eigenvalue weighted by Gasteiger charge is -2.15. The summed E-state index contributed by atoms with van der Waals surface area (Å²) in [5.74, 6) is 1.04. The van der Waals surface area contributed by atoms with Crippen molar-refractivity contribution < 1.29 is 8.42 Å². The molecule has 1 N–H and O–H groups in total. The summed E-state index contributed by atoms with van der Waals surface area (Å²) in [5, 5.41) is 3.06. The highest BCUT2D eigenvalue weighted by atomic mass is 32.2. The monoisotopic (exact) mass is 255 g/mol. The third-order valence-corrected chi connectivity index (χ3v) is 4.41. The van der Waals surface area contributed by atoms with Crippen LogP contribution < -0.4 is 5.32 Å². The molecule has 1 aliphatic heterocycles. The van der Waals surface area contributed by atoms with E-state index in [1.165, 1.54) is 0 Å². The van der Waals surface area contributed by atoms with E-state index >= 15 is 0 Å². The maximum atomic E-state index is 11.5. The quantitative estimate of drug-likeness (QED) is 0.773. The fraction of sp³-hybridized carbons (Fsp3) is 0.636. The number of aryl methyl sites for hydroxylation is 2. The number of hydrogen-bond acceptors (Lipinski definition) is 5. The highest BCUT2D eigenvalue weighted by Gasteiger charge is 2.22. The van der Waals surface area contributed by atoms with Crippen LogP contribution in [0.4, 0.5) is 0 Å².